The van der Waals surface area contributed by atoms with Gasteiger partial charge in [0.2, 0.25) is 0 Å². The second-order valence-corrected chi connectivity index (χ2v) is 17.0. The fraction of sp³-hybridized carbons (Fsp3) is 0.652. The maximum atomic E-state index is 13.5. The first-order valence-electron chi connectivity index (χ1n) is 11.6. The van der Waals surface area contributed by atoms with Gasteiger partial charge in [-0.25, -0.2) is 4.79 Å². The number of aliphatic hydroxyl groups is 1. The van der Waals surface area contributed by atoms with Gasteiger partial charge in [-0.15, -0.1) is 0 Å². The van der Waals surface area contributed by atoms with Gasteiger partial charge >= 0.3 is 5.97 Å². The number of ether oxygens (including phenoxy) is 1. The molecule has 0 spiro atoms. The van der Waals surface area contributed by atoms with Crippen LogP contribution in [0.2, 0.25) is 16.6 Å². The molecule has 0 unspecified atom stereocenters. The number of hydrogen-bond acceptors (Lipinski definition) is 7. The SMILES string of the molecule is COc1cc(C(=O)N2CC[C@@H](O)C[C@]2(I)C(=O)O)c([N+](=O)[O-])cc1O[Si](C(C)C)(C(C)C)C(C)C. The second-order valence-electron chi connectivity index (χ2n) is 9.86. The molecule has 0 saturated carbocycles. The number of carbonyl (C=O) groups excluding carboxylic acids is 1. The number of alkyl halides is 1. The number of amides is 1. The van der Waals surface area contributed by atoms with Gasteiger partial charge in [0.15, 0.2) is 15.0 Å². The number of benzene rings is 1. The average Bonchev–Trinajstić information content (AvgIpc) is 2.75. The highest BCUT2D eigenvalue weighted by molar-refractivity contribution is 14.1. The molecule has 1 heterocycles. The quantitative estimate of drug-likeness (QED) is 0.0983. The van der Waals surface area contributed by atoms with Crippen molar-refractivity contribution in [3.8, 4) is 11.5 Å². The Balaban J connectivity index is 2.67. The van der Waals surface area contributed by atoms with E-state index in [9.17, 15) is 29.9 Å². The van der Waals surface area contributed by atoms with Crippen LogP contribution < -0.4 is 9.16 Å². The minimum absolute atomic E-state index is 0.0585. The van der Waals surface area contributed by atoms with Crippen molar-refractivity contribution in [1.29, 1.82) is 0 Å². The molecule has 1 aliphatic rings. The molecular weight excluding hydrogens is 587 g/mol. The minimum Gasteiger partial charge on any atom is -0.540 e. The van der Waals surface area contributed by atoms with E-state index in [1.807, 2.05) is 0 Å². The predicted octanol–water partition coefficient (Wildman–Crippen LogP) is 4.97. The van der Waals surface area contributed by atoms with Crippen LogP contribution in [0.15, 0.2) is 12.1 Å². The lowest BCUT2D eigenvalue weighted by molar-refractivity contribution is -0.385. The Morgan fingerprint density at radius 1 is 1.17 bits per heavy atom. The van der Waals surface area contributed by atoms with Crippen LogP contribution in [-0.4, -0.2) is 63.5 Å². The summed E-state index contributed by atoms with van der Waals surface area (Å²) in [6.45, 7) is 12.5. The number of nitro benzene ring substituents is 1. The van der Waals surface area contributed by atoms with E-state index < -0.39 is 40.5 Å². The molecule has 1 aromatic rings. The van der Waals surface area contributed by atoms with Crippen molar-refractivity contribution in [1.82, 2.24) is 4.90 Å². The molecule has 2 N–H and O–H groups in total. The summed E-state index contributed by atoms with van der Waals surface area (Å²) >= 11 is 1.62. The highest BCUT2D eigenvalue weighted by atomic mass is 127. The zero-order valence-corrected chi connectivity index (χ0v) is 24.4. The topological polar surface area (TPSA) is 139 Å². The number of carboxylic acids is 1. The molecule has 1 fully saturated rings. The van der Waals surface area contributed by atoms with Gasteiger partial charge in [0.1, 0.15) is 5.56 Å². The normalized spacial score (nSPS) is 20.9. The minimum atomic E-state index is -2.50. The van der Waals surface area contributed by atoms with Crippen molar-refractivity contribution >= 4 is 48.5 Å². The summed E-state index contributed by atoms with van der Waals surface area (Å²) in [5.41, 5.74) is -0.184. The lowest BCUT2D eigenvalue weighted by Gasteiger charge is -2.42. The fourth-order valence-corrected chi connectivity index (χ4v) is 11.5. The van der Waals surface area contributed by atoms with Crippen molar-refractivity contribution in [2.24, 2.45) is 0 Å². The zero-order valence-electron chi connectivity index (χ0n) is 21.2. The number of piperidine rings is 1. The Morgan fingerprint density at radius 2 is 1.71 bits per heavy atom. The van der Waals surface area contributed by atoms with E-state index in [2.05, 4.69) is 41.5 Å². The molecule has 0 aliphatic carbocycles. The van der Waals surface area contributed by atoms with Crippen molar-refractivity contribution in [2.75, 3.05) is 13.7 Å². The Morgan fingerprint density at radius 3 is 2.14 bits per heavy atom. The van der Waals surface area contributed by atoms with E-state index in [0.29, 0.717) is 0 Å². The van der Waals surface area contributed by atoms with E-state index in [1.165, 1.54) is 19.2 Å². The van der Waals surface area contributed by atoms with Crippen LogP contribution in [0.1, 0.15) is 64.7 Å². The number of likely N-dealkylation sites (tertiary alicyclic amines) is 1. The van der Waals surface area contributed by atoms with Crippen molar-refractivity contribution in [3.63, 3.8) is 0 Å². The lowest BCUT2D eigenvalue weighted by Crippen LogP contribution is -2.58. The predicted molar refractivity (Wildman–Crippen MR) is 142 cm³/mol. The summed E-state index contributed by atoms with van der Waals surface area (Å²) in [7, 11) is -1.11. The Bertz CT molecular complexity index is 965. The standard InChI is InChI=1S/C23H35IN2O8Si/c1-13(2)35(14(3)4,15(5)6)34-20-11-18(26(31)32)17(10-19(20)33-7)21(28)25-9-8-16(27)12-23(25,24)22(29)30/h10-11,13-16,27H,8-9,12H2,1-7H3,(H,29,30)/t16-,23-/m1/s1. The number of halogens is 1. The third-order valence-electron chi connectivity index (χ3n) is 6.90. The van der Waals surface area contributed by atoms with Gasteiger partial charge in [-0.05, 0) is 45.6 Å². The van der Waals surface area contributed by atoms with Crippen LogP contribution in [0.25, 0.3) is 0 Å². The van der Waals surface area contributed by atoms with Gasteiger partial charge in [-0.2, -0.15) is 0 Å². The maximum Gasteiger partial charge on any atom is 0.340 e. The van der Waals surface area contributed by atoms with Crippen LogP contribution >= 0.6 is 22.6 Å². The molecule has 0 aromatic heterocycles. The summed E-state index contributed by atoms with van der Waals surface area (Å²) in [4.78, 5) is 38.0. The summed E-state index contributed by atoms with van der Waals surface area (Å²) in [6.07, 6.45) is -0.915. The Labute approximate surface area is 220 Å². The smallest absolute Gasteiger partial charge is 0.340 e. The number of nitro groups is 1. The number of nitrogens with zero attached hydrogens (tertiary/aromatic N) is 2. The number of methoxy groups -OCH3 is 1. The van der Waals surface area contributed by atoms with Gasteiger partial charge in [0, 0.05) is 19.0 Å². The molecule has 35 heavy (non-hydrogen) atoms. The Hall–Kier alpha value is -1.93. The molecule has 2 rings (SSSR count). The van der Waals surface area contributed by atoms with Crippen molar-refractivity contribution < 1.29 is 33.9 Å². The number of hydrogen-bond donors (Lipinski definition) is 2. The van der Waals surface area contributed by atoms with Gasteiger partial charge < -0.3 is 24.3 Å². The van der Waals surface area contributed by atoms with Gasteiger partial charge in [-0.3, -0.25) is 14.9 Å². The highest BCUT2D eigenvalue weighted by Gasteiger charge is 2.51. The maximum absolute atomic E-state index is 13.5. The average molecular weight is 623 g/mol. The van der Waals surface area contributed by atoms with Gasteiger partial charge in [-0.1, -0.05) is 41.5 Å². The molecule has 12 heteroatoms. The molecule has 0 radical (unpaired) electrons. The zero-order chi connectivity index (χ0) is 26.9. The lowest BCUT2D eigenvalue weighted by atomic mass is 9.97. The molecule has 1 aliphatic heterocycles. The molecule has 1 saturated heterocycles. The third kappa shape index (κ3) is 5.43. The van der Waals surface area contributed by atoms with E-state index in [-0.39, 0.29) is 53.1 Å². The van der Waals surface area contributed by atoms with Crippen molar-refractivity contribution in [3.05, 3.63) is 27.8 Å². The van der Waals surface area contributed by atoms with Crippen LogP contribution in [0, 0.1) is 10.1 Å². The van der Waals surface area contributed by atoms with Gasteiger partial charge in [0.05, 0.1) is 24.2 Å². The summed E-state index contributed by atoms with van der Waals surface area (Å²) in [5.74, 6) is -1.75. The number of aliphatic carboxylic acids is 1. The first-order valence-corrected chi connectivity index (χ1v) is 14.8. The van der Waals surface area contributed by atoms with E-state index in [0.717, 1.165) is 4.90 Å². The van der Waals surface area contributed by atoms with E-state index >= 15 is 0 Å². The molecule has 10 nitrogen and oxygen atoms in total. The third-order valence-corrected chi connectivity index (χ3v) is 14.4. The van der Waals surface area contributed by atoms with Crippen LogP contribution in [0.5, 0.6) is 11.5 Å². The molecule has 1 aromatic carbocycles. The molecular formula is C23H35IN2O8Si. The largest absolute Gasteiger partial charge is 0.540 e. The molecule has 196 valence electrons. The molecule has 1 amide bonds. The molecule has 2 atom stereocenters. The number of rotatable bonds is 9. The van der Waals surface area contributed by atoms with E-state index in [4.69, 9.17) is 9.16 Å². The van der Waals surface area contributed by atoms with Crippen molar-refractivity contribution in [2.45, 2.75) is 80.7 Å². The number of carboxylic acid groups (broad SMARTS) is 1. The van der Waals surface area contributed by atoms with Gasteiger partial charge in [0.25, 0.3) is 19.9 Å². The number of aliphatic hydroxyl groups excluding tert-OH is 1. The highest BCUT2D eigenvalue weighted by Crippen LogP contribution is 2.46. The monoisotopic (exact) mass is 622 g/mol. The molecule has 0 bridgehead atoms. The first kappa shape index (κ1) is 29.3. The summed E-state index contributed by atoms with van der Waals surface area (Å²) in [5, 5.41) is 31.9. The van der Waals surface area contributed by atoms with E-state index in [1.54, 1.807) is 22.6 Å². The number of carbonyl (C=O) groups is 2. The summed E-state index contributed by atoms with van der Waals surface area (Å²) < 4.78 is 10.4. The second kappa shape index (κ2) is 11.0. The summed E-state index contributed by atoms with van der Waals surface area (Å²) in [6, 6.07) is 2.48. The Kier molecular flexibility index (Phi) is 9.20. The van der Waals surface area contributed by atoms with Crippen LogP contribution in [-0.2, 0) is 4.79 Å². The first-order chi connectivity index (χ1) is 16.1. The van der Waals surface area contributed by atoms with Crippen LogP contribution in [0.3, 0.4) is 0 Å². The fourth-order valence-electron chi connectivity index (χ4n) is 5.25. The van der Waals surface area contributed by atoms with Crippen LogP contribution in [0.4, 0.5) is 5.69 Å².